The van der Waals surface area contributed by atoms with E-state index < -0.39 is 17.8 Å². The van der Waals surface area contributed by atoms with E-state index in [2.05, 4.69) is 5.32 Å². The van der Waals surface area contributed by atoms with Gasteiger partial charge < -0.3 is 21.3 Å². The second-order valence-electron chi connectivity index (χ2n) is 4.55. The lowest BCUT2D eigenvalue weighted by molar-refractivity contribution is 0.0913. The van der Waals surface area contributed by atoms with Crippen molar-refractivity contribution in [1.82, 2.24) is 5.32 Å². The SMILES string of the molecule is Nc1ccc(C(O)CNC(=O)c2cc(F)ccc2O)cc1. The summed E-state index contributed by atoms with van der Waals surface area (Å²) in [5.74, 6) is -1.62. The minimum absolute atomic E-state index is 0.0707. The minimum Gasteiger partial charge on any atom is -0.507 e. The number of anilines is 1. The number of aliphatic hydroxyl groups excluding tert-OH is 1. The Kier molecular flexibility index (Phi) is 4.39. The van der Waals surface area contributed by atoms with E-state index in [0.29, 0.717) is 11.3 Å². The summed E-state index contributed by atoms with van der Waals surface area (Å²) in [5, 5.41) is 21.9. The molecule has 0 fully saturated rings. The van der Waals surface area contributed by atoms with E-state index in [-0.39, 0.29) is 17.9 Å². The van der Waals surface area contributed by atoms with Gasteiger partial charge >= 0.3 is 0 Å². The molecule has 2 rings (SSSR count). The van der Waals surface area contributed by atoms with Crippen LogP contribution in [0.4, 0.5) is 10.1 Å². The third kappa shape index (κ3) is 3.70. The van der Waals surface area contributed by atoms with Crippen molar-refractivity contribution in [3.05, 3.63) is 59.4 Å². The lowest BCUT2D eigenvalue weighted by atomic mass is 10.1. The smallest absolute Gasteiger partial charge is 0.255 e. The molecule has 0 radical (unpaired) electrons. The Morgan fingerprint density at radius 1 is 1.24 bits per heavy atom. The number of nitrogens with one attached hydrogen (secondary N) is 1. The number of nitrogens with two attached hydrogens (primary N) is 1. The molecule has 2 aromatic rings. The fourth-order valence-electron chi connectivity index (χ4n) is 1.81. The van der Waals surface area contributed by atoms with E-state index in [4.69, 9.17) is 5.73 Å². The molecule has 2 aromatic carbocycles. The zero-order valence-electron chi connectivity index (χ0n) is 11.1. The fourth-order valence-corrected chi connectivity index (χ4v) is 1.81. The summed E-state index contributed by atoms with van der Waals surface area (Å²) < 4.78 is 13.1. The molecule has 110 valence electrons. The number of amides is 1. The van der Waals surface area contributed by atoms with E-state index in [9.17, 15) is 19.4 Å². The molecule has 5 N–H and O–H groups in total. The third-order valence-electron chi connectivity index (χ3n) is 2.98. The van der Waals surface area contributed by atoms with Gasteiger partial charge in [0.2, 0.25) is 0 Å². The molecule has 0 aliphatic carbocycles. The van der Waals surface area contributed by atoms with Crippen molar-refractivity contribution in [3.63, 3.8) is 0 Å². The molecule has 1 amide bonds. The number of benzene rings is 2. The fraction of sp³-hybridized carbons (Fsp3) is 0.133. The van der Waals surface area contributed by atoms with Gasteiger partial charge in [-0.1, -0.05) is 12.1 Å². The quantitative estimate of drug-likeness (QED) is 0.643. The largest absolute Gasteiger partial charge is 0.507 e. The Bertz CT molecular complexity index is 644. The van der Waals surface area contributed by atoms with Crippen molar-refractivity contribution in [2.75, 3.05) is 12.3 Å². The predicted molar refractivity (Wildman–Crippen MR) is 76.2 cm³/mol. The maximum Gasteiger partial charge on any atom is 0.255 e. The van der Waals surface area contributed by atoms with Crippen LogP contribution in [0, 0.1) is 5.82 Å². The zero-order valence-corrected chi connectivity index (χ0v) is 11.1. The van der Waals surface area contributed by atoms with E-state index in [1.165, 1.54) is 0 Å². The highest BCUT2D eigenvalue weighted by molar-refractivity contribution is 5.96. The van der Waals surface area contributed by atoms with Crippen LogP contribution in [0.15, 0.2) is 42.5 Å². The first-order valence-corrected chi connectivity index (χ1v) is 6.27. The molecule has 5 nitrogen and oxygen atoms in total. The van der Waals surface area contributed by atoms with E-state index in [1.54, 1.807) is 24.3 Å². The van der Waals surface area contributed by atoms with Crippen molar-refractivity contribution < 1.29 is 19.4 Å². The number of phenols is 1. The number of nitrogen functional groups attached to an aromatic ring is 1. The molecule has 6 heteroatoms. The zero-order chi connectivity index (χ0) is 15.4. The Morgan fingerprint density at radius 2 is 1.90 bits per heavy atom. The van der Waals surface area contributed by atoms with Gasteiger partial charge in [0.25, 0.3) is 5.91 Å². The number of hydrogen-bond donors (Lipinski definition) is 4. The number of halogens is 1. The van der Waals surface area contributed by atoms with Crippen LogP contribution in [0.5, 0.6) is 5.75 Å². The van der Waals surface area contributed by atoms with Crippen LogP contribution < -0.4 is 11.1 Å². The number of phenolic OH excluding ortho intramolecular Hbond substituents is 1. The van der Waals surface area contributed by atoms with Crippen LogP contribution in [-0.4, -0.2) is 22.7 Å². The monoisotopic (exact) mass is 290 g/mol. The first-order chi connectivity index (χ1) is 9.97. The van der Waals surface area contributed by atoms with E-state index >= 15 is 0 Å². The number of aliphatic hydroxyl groups is 1. The molecule has 0 bridgehead atoms. The second kappa shape index (κ2) is 6.23. The first-order valence-electron chi connectivity index (χ1n) is 6.27. The number of hydrogen-bond acceptors (Lipinski definition) is 4. The summed E-state index contributed by atoms with van der Waals surface area (Å²) in [6.45, 7) is -0.0707. The van der Waals surface area contributed by atoms with Gasteiger partial charge in [0.1, 0.15) is 11.6 Å². The minimum atomic E-state index is -0.926. The molecule has 0 aromatic heterocycles. The Morgan fingerprint density at radius 3 is 2.57 bits per heavy atom. The van der Waals surface area contributed by atoms with E-state index in [1.807, 2.05) is 0 Å². The van der Waals surface area contributed by atoms with Gasteiger partial charge in [-0.3, -0.25) is 4.79 Å². The van der Waals surface area contributed by atoms with Crippen LogP contribution in [0.1, 0.15) is 22.0 Å². The van der Waals surface area contributed by atoms with Gasteiger partial charge in [0.05, 0.1) is 11.7 Å². The standard InChI is InChI=1S/C15H15FN2O3/c16-10-3-6-13(19)12(7-10)15(21)18-8-14(20)9-1-4-11(17)5-2-9/h1-7,14,19-20H,8,17H2,(H,18,21). The topological polar surface area (TPSA) is 95.6 Å². The Hall–Kier alpha value is -2.60. The molecule has 0 saturated heterocycles. The summed E-state index contributed by atoms with van der Waals surface area (Å²) in [6.07, 6.45) is -0.926. The van der Waals surface area contributed by atoms with E-state index in [0.717, 1.165) is 18.2 Å². The number of carbonyl (C=O) groups excluding carboxylic acids is 1. The summed E-state index contributed by atoms with van der Waals surface area (Å²) in [5.41, 5.74) is 6.52. The maximum atomic E-state index is 13.1. The molecule has 0 saturated carbocycles. The summed E-state index contributed by atoms with van der Waals surface area (Å²) in [6, 6.07) is 9.64. The molecule has 0 aliphatic rings. The second-order valence-corrected chi connectivity index (χ2v) is 4.55. The lowest BCUT2D eigenvalue weighted by Crippen LogP contribution is -2.28. The highest BCUT2D eigenvalue weighted by atomic mass is 19.1. The maximum absolute atomic E-state index is 13.1. The van der Waals surface area contributed by atoms with Gasteiger partial charge in [-0.05, 0) is 35.9 Å². The van der Waals surface area contributed by atoms with Gasteiger partial charge in [0.15, 0.2) is 0 Å². The molecule has 1 atom stereocenters. The van der Waals surface area contributed by atoms with Crippen LogP contribution in [0.3, 0.4) is 0 Å². The molecule has 0 aliphatic heterocycles. The van der Waals surface area contributed by atoms with Crippen molar-refractivity contribution >= 4 is 11.6 Å². The van der Waals surface area contributed by atoms with Crippen LogP contribution in [0.25, 0.3) is 0 Å². The van der Waals surface area contributed by atoms with Gasteiger partial charge in [0, 0.05) is 12.2 Å². The Balaban J connectivity index is 2.00. The highest BCUT2D eigenvalue weighted by Crippen LogP contribution is 2.18. The number of carbonyl (C=O) groups is 1. The van der Waals surface area contributed by atoms with Crippen molar-refractivity contribution in [3.8, 4) is 5.75 Å². The van der Waals surface area contributed by atoms with Crippen molar-refractivity contribution in [1.29, 1.82) is 0 Å². The van der Waals surface area contributed by atoms with Crippen LogP contribution in [0.2, 0.25) is 0 Å². The number of rotatable bonds is 4. The van der Waals surface area contributed by atoms with Gasteiger partial charge in [-0.15, -0.1) is 0 Å². The Labute approximate surface area is 120 Å². The predicted octanol–water partition coefficient (Wildman–Crippen LogP) is 1.58. The normalized spacial score (nSPS) is 11.9. The summed E-state index contributed by atoms with van der Waals surface area (Å²) in [7, 11) is 0. The number of aromatic hydroxyl groups is 1. The molecule has 1 unspecified atom stereocenters. The molecule has 21 heavy (non-hydrogen) atoms. The third-order valence-corrected chi connectivity index (χ3v) is 2.98. The summed E-state index contributed by atoms with van der Waals surface area (Å²) >= 11 is 0. The molecule has 0 spiro atoms. The van der Waals surface area contributed by atoms with Crippen LogP contribution in [-0.2, 0) is 0 Å². The molecule has 0 heterocycles. The highest BCUT2D eigenvalue weighted by Gasteiger charge is 2.14. The average molecular weight is 290 g/mol. The van der Waals surface area contributed by atoms with Gasteiger partial charge in [-0.25, -0.2) is 4.39 Å². The molecular weight excluding hydrogens is 275 g/mol. The van der Waals surface area contributed by atoms with Crippen LogP contribution >= 0.6 is 0 Å². The van der Waals surface area contributed by atoms with Gasteiger partial charge in [-0.2, -0.15) is 0 Å². The van der Waals surface area contributed by atoms with Crippen molar-refractivity contribution in [2.24, 2.45) is 0 Å². The average Bonchev–Trinajstić information content (AvgIpc) is 2.47. The lowest BCUT2D eigenvalue weighted by Gasteiger charge is -2.13. The molecular formula is C15H15FN2O3. The summed E-state index contributed by atoms with van der Waals surface area (Å²) in [4.78, 5) is 11.8. The van der Waals surface area contributed by atoms with Crippen molar-refractivity contribution in [2.45, 2.75) is 6.10 Å². The first kappa shape index (κ1) is 14.8.